The van der Waals surface area contributed by atoms with Crippen LogP contribution in [-0.2, 0) is 16.0 Å². The molecule has 0 radical (unpaired) electrons. The fraction of sp³-hybridized carbons (Fsp3) is 0.440. The van der Waals surface area contributed by atoms with Crippen molar-refractivity contribution in [1.29, 1.82) is 0 Å². The van der Waals surface area contributed by atoms with Gasteiger partial charge in [0.05, 0.1) is 11.1 Å². The molecule has 2 rings (SSSR count). The minimum atomic E-state index is -0.655. The van der Waals surface area contributed by atoms with Crippen molar-refractivity contribution >= 4 is 27.7 Å². The second kappa shape index (κ2) is 11.9. The molecule has 0 heterocycles. The van der Waals surface area contributed by atoms with E-state index in [1.54, 1.807) is 0 Å². The number of halogens is 1. The fourth-order valence-electron chi connectivity index (χ4n) is 3.03. The first-order valence-corrected chi connectivity index (χ1v) is 11.6. The number of nitrogens with one attached hydrogen (secondary N) is 2. The number of hydrogen-bond donors (Lipinski definition) is 2. The van der Waals surface area contributed by atoms with Crippen molar-refractivity contribution in [3.63, 3.8) is 0 Å². The summed E-state index contributed by atoms with van der Waals surface area (Å²) >= 11 is 3.44. The number of ether oxygens (including phenoxy) is 2. The van der Waals surface area contributed by atoms with Gasteiger partial charge in [-0.1, -0.05) is 39.0 Å². The van der Waals surface area contributed by atoms with Gasteiger partial charge in [-0.3, -0.25) is 20.4 Å². The Morgan fingerprint density at radius 3 is 2.44 bits per heavy atom. The lowest BCUT2D eigenvalue weighted by molar-refractivity contribution is -0.135. The number of hydrogen-bond acceptors (Lipinski definition) is 4. The van der Waals surface area contributed by atoms with Crippen LogP contribution in [0.5, 0.6) is 11.5 Å². The second-order valence-corrected chi connectivity index (χ2v) is 9.37. The number of rotatable bonds is 10. The number of hydrazine groups is 1. The topological polar surface area (TPSA) is 76.7 Å². The van der Waals surface area contributed by atoms with Gasteiger partial charge in [-0.25, -0.2) is 0 Å². The van der Waals surface area contributed by atoms with Crippen LogP contribution < -0.4 is 20.3 Å². The molecule has 0 aromatic heterocycles. The molecule has 6 nitrogen and oxygen atoms in total. The predicted octanol–water partition coefficient (Wildman–Crippen LogP) is 5.04. The van der Waals surface area contributed by atoms with E-state index in [0.29, 0.717) is 25.2 Å². The Morgan fingerprint density at radius 1 is 1.00 bits per heavy atom. The van der Waals surface area contributed by atoms with Crippen LogP contribution in [0.1, 0.15) is 50.3 Å². The van der Waals surface area contributed by atoms with Crippen LogP contribution >= 0.6 is 15.9 Å². The van der Waals surface area contributed by atoms with Crippen LogP contribution in [0.2, 0.25) is 0 Å². The molecule has 0 fully saturated rings. The van der Waals surface area contributed by atoms with Crippen molar-refractivity contribution in [3.8, 4) is 11.5 Å². The molecule has 2 aromatic rings. The van der Waals surface area contributed by atoms with Crippen molar-refractivity contribution in [2.45, 2.75) is 53.9 Å². The Morgan fingerprint density at radius 2 is 1.75 bits per heavy atom. The van der Waals surface area contributed by atoms with Crippen molar-refractivity contribution < 1.29 is 19.1 Å². The average Bonchev–Trinajstić information content (AvgIpc) is 2.76. The van der Waals surface area contributed by atoms with E-state index in [2.05, 4.69) is 39.8 Å². The quantitative estimate of drug-likeness (QED) is 0.351. The predicted molar refractivity (Wildman–Crippen MR) is 130 cm³/mol. The first-order chi connectivity index (χ1) is 15.1. The smallest absolute Gasteiger partial charge is 0.276 e. The van der Waals surface area contributed by atoms with E-state index >= 15 is 0 Å². The summed E-state index contributed by atoms with van der Waals surface area (Å²) in [5, 5.41) is 0. The van der Waals surface area contributed by atoms with Gasteiger partial charge in [0, 0.05) is 5.41 Å². The Balaban J connectivity index is 1.72. The summed E-state index contributed by atoms with van der Waals surface area (Å²) in [5.41, 5.74) is 7.67. The highest BCUT2D eigenvalue weighted by Crippen LogP contribution is 2.26. The molecule has 2 amide bonds. The van der Waals surface area contributed by atoms with Crippen LogP contribution in [0.3, 0.4) is 0 Å². The van der Waals surface area contributed by atoms with Gasteiger partial charge in [0.15, 0.2) is 6.61 Å². The standard InChI is InChI=1S/C25H33BrN2O4/c1-6-19-10-11-21(20(26)15-19)32-16-23(29)27-28-24(30)25(4,5)12-7-13-31-22-14-17(2)8-9-18(22)3/h8-11,14-15H,6-7,12-13,16H2,1-5H3,(H,27,29)(H,28,30). The molecule has 0 aliphatic carbocycles. The van der Waals surface area contributed by atoms with E-state index in [1.807, 2.05) is 58.0 Å². The summed E-state index contributed by atoms with van der Waals surface area (Å²) in [4.78, 5) is 24.6. The molecule has 0 unspecified atom stereocenters. The van der Waals surface area contributed by atoms with Gasteiger partial charge < -0.3 is 9.47 Å². The van der Waals surface area contributed by atoms with E-state index in [4.69, 9.17) is 9.47 Å². The second-order valence-electron chi connectivity index (χ2n) is 8.51. The van der Waals surface area contributed by atoms with Gasteiger partial charge in [-0.05, 0) is 83.9 Å². The molecule has 7 heteroatoms. The van der Waals surface area contributed by atoms with Gasteiger partial charge in [0.25, 0.3) is 5.91 Å². The van der Waals surface area contributed by atoms with Crippen LogP contribution in [-0.4, -0.2) is 25.0 Å². The summed E-state index contributed by atoms with van der Waals surface area (Å²) < 4.78 is 12.2. The molecule has 0 aliphatic heterocycles. The molecule has 174 valence electrons. The summed E-state index contributed by atoms with van der Waals surface area (Å²) in [6, 6.07) is 11.8. The Hall–Kier alpha value is -2.54. The minimum absolute atomic E-state index is 0.200. The normalized spacial score (nSPS) is 11.1. The number of carbonyl (C=O) groups is 2. The molecule has 0 bridgehead atoms. The van der Waals surface area contributed by atoms with Crippen molar-refractivity contribution in [2.24, 2.45) is 5.41 Å². The summed E-state index contributed by atoms with van der Waals surface area (Å²) in [7, 11) is 0. The van der Waals surface area contributed by atoms with Crippen molar-refractivity contribution in [3.05, 3.63) is 57.6 Å². The molecular formula is C25H33BrN2O4. The SMILES string of the molecule is CCc1ccc(OCC(=O)NNC(=O)C(C)(C)CCCOc2cc(C)ccc2C)c(Br)c1. The highest BCUT2D eigenvalue weighted by atomic mass is 79.9. The maximum Gasteiger partial charge on any atom is 0.276 e. The van der Waals surface area contributed by atoms with Crippen molar-refractivity contribution in [2.75, 3.05) is 13.2 Å². The molecular weight excluding hydrogens is 472 g/mol. The average molecular weight is 505 g/mol. The molecule has 0 spiro atoms. The van der Waals surface area contributed by atoms with E-state index in [-0.39, 0.29) is 12.5 Å². The van der Waals surface area contributed by atoms with Gasteiger partial charge >= 0.3 is 0 Å². The highest BCUT2D eigenvalue weighted by molar-refractivity contribution is 9.10. The van der Waals surface area contributed by atoms with Gasteiger partial charge in [0.1, 0.15) is 11.5 Å². The third-order valence-electron chi connectivity index (χ3n) is 5.24. The maximum atomic E-state index is 12.5. The zero-order valence-corrected chi connectivity index (χ0v) is 21.1. The van der Waals surface area contributed by atoms with Gasteiger partial charge in [-0.2, -0.15) is 0 Å². The van der Waals surface area contributed by atoms with Gasteiger partial charge in [0.2, 0.25) is 5.91 Å². The van der Waals surface area contributed by atoms with E-state index in [1.165, 1.54) is 5.56 Å². The van der Waals surface area contributed by atoms with E-state index in [9.17, 15) is 9.59 Å². The number of carbonyl (C=O) groups excluding carboxylic acids is 2. The lowest BCUT2D eigenvalue weighted by Gasteiger charge is -2.23. The van der Waals surface area contributed by atoms with E-state index < -0.39 is 11.3 Å². The molecule has 2 N–H and O–H groups in total. The Bertz CT molecular complexity index is 944. The van der Waals surface area contributed by atoms with Crippen LogP contribution in [0.25, 0.3) is 0 Å². The first kappa shape index (κ1) is 25.7. The van der Waals surface area contributed by atoms with Crippen LogP contribution in [0, 0.1) is 19.3 Å². The monoisotopic (exact) mass is 504 g/mol. The number of aryl methyl sites for hydroxylation is 3. The number of benzene rings is 2. The molecule has 0 aliphatic rings. The molecule has 0 saturated heterocycles. The molecule has 0 saturated carbocycles. The third kappa shape index (κ3) is 7.86. The first-order valence-electron chi connectivity index (χ1n) is 10.8. The lowest BCUT2D eigenvalue weighted by atomic mass is 9.87. The Kier molecular flexibility index (Phi) is 9.57. The summed E-state index contributed by atoms with van der Waals surface area (Å²) in [5.74, 6) is 0.758. The van der Waals surface area contributed by atoms with Gasteiger partial charge in [-0.15, -0.1) is 0 Å². The minimum Gasteiger partial charge on any atom is -0.493 e. The molecule has 32 heavy (non-hydrogen) atoms. The highest BCUT2D eigenvalue weighted by Gasteiger charge is 2.27. The Labute approximate surface area is 199 Å². The zero-order valence-electron chi connectivity index (χ0n) is 19.5. The van der Waals surface area contributed by atoms with Crippen LogP contribution in [0.4, 0.5) is 0 Å². The summed E-state index contributed by atoms with van der Waals surface area (Å²) in [6.07, 6.45) is 2.25. The lowest BCUT2D eigenvalue weighted by Crippen LogP contribution is -2.49. The van der Waals surface area contributed by atoms with Crippen LogP contribution in [0.15, 0.2) is 40.9 Å². The summed E-state index contributed by atoms with van der Waals surface area (Å²) in [6.45, 7) is 10.1. The largest absolute Gasteiger partial charge is 0.493 e. The van der Waals surface area contributed by atoms with Crippen molar-refractivity contribution in [1.82, 2.24) is 10.9 Å². The third-order valence-corrected chi connectivity index (χ3v) is 5.86. The maximum absolute atomic E-state index is 12.5. The fourth-order valence-corrected chi connectivity index (χ4v) is 3.57. The molecule has 0 atom stereocenters. The number of amides is 2. The zero-order chi connectivity index (χ0) is 23.7. The molecule has 2 aromatic carbocycles. The van der Waals surface area contributed by atoms with E-state index in [0.717, 1.165) is 27.8 Å².